The van der Waals surface area contributed by atoms with E-state index >= 15 is 0 Å². The Labute approximate surface area is 661 Å². The summed E-state index contributed by atoms with van der Waals surface area (Å²) in [6.45, 7) is 18.8. The van der Waals surface area contributed by atoms with Crippen molar-refractivity contribution in [3.63, 3.8) is 0 Å². The smallest absolute Gasteiger partial charge is 0.280 e. The zero-order chi connectivity index (χ0) is 79.8. The third kappa shape index (κ3) is 20.0. The van der Waals surface area contributed by atoms with E-state index in [1.54, 1.807) is 23.9 Å². The van der Waals surface area contributed by atoms with Crippen molar-refractivity contribution >= 4 is 91.6 Å². The van der Waals surface area contributed by atoms with Gasteiger partial charge in [0.2, 0.25) is 40.0 Å². The van der Waals surface area contributed by atoms with Gasteiger partial charge in [0.05, 0.1) is 37.0 Å². The maximum Gasteiger partial charge on any atom is 0.280 e. The first-order valence-electron chi connectivity index (χ1n) is 39.5. The van der Waals surface area contributed by atoms with Crippen LogP contribution in [-0.4, -0.2) is 205 Å². The summed E-state index contributed by atoms with van der Waals surface area (Å²) in [5, 5.41) is 10.6. The number of amides is 4. The Hall–Kier alpha value is -11.3. The molecule has 2 saturated carbocycles. The lowest BCUT2D eigenvalue weighted by molar-refractivity contribution is -0.127. The monoisotopic (exact) mass is 1550 g/mol. The minimum absolute atomic E-state index is 0.0257. The fraction of sp³-hybridized carbons (Fsp3) is 0.417. The fourth-order valence-electron chi connectivity index (χ4n) is 15.1. The van der Waals surface area contributed by atoms with Crippen LogP contribution < -0.4 is 48.7 Å². The van der Waals surface area contributed by atoms with E-state index in [9.17, 15) is 33.6 Å². The third-order valence-electron chi connectivity index (χ3n) is 22.0. The number of fused-ring (bicyclic) bond motifs is 3. The fourth-order valence-corrected chi connectivity index (χ4v) is 15.1. The van der Waals surface area contributed by atoms with Crippen molar-refractivity contribution in [2.75, 3.05) is 129 Å². The highest BCUT2D eigenvalue weighted by Gasteiger charge is 2.28. The lowest BCUT2D eigenvalue weighted by atomic mass is 10.1. The van der Waals surface area contributed by atoms with Crippen molar-refractivity contribution < 1.29 is 33.7 Å². The van der Waals surface area contributed by atoms with E-state index in [1.807, 2.05) is 94.6 Å². The summed E-state index contributed by atoms with van der Waals surface area (Å²) in [4.78, 5) is 142. The molecule has 30 nitrogen and oxygen atoms in total. The van der Waals surface area contributed by atoms with Gasteiger partial charge in [0.15, 0.2) is 5.65 Å². The number of hydroxylamine groups is 3. The van der Waals surface area contributed by atoms with Gasteiger partial charge in [-0.2, -0.15) is 15.0 Å². The second-order valence-electron chi connectivity index (χ2n) is 29.9. The zero-order valence-corrected chi connectivity index (χ0v) is 66.0. The highest BCUT2D eigenvalue weighted by molar-refractivity contribution is 5.98. The van der Waals surface area contributed by atoms with Gasteiger partial charge in [0, 0.05) is 157 Å². The summed E-state index contributed by atoms with van der Waals surface area (Å²) in [7, 11) is 7.00. The molecule has 0 radical (unpaired) electrons. The number of nitrogens with zero attached hydrogens (tertiary/aromatic N) is 14. The number of carbonyl (C=O) groups is 4. The van der Waals surface area contributed by atoms with Crippen molar-refractivity contribution in [3.8, 4) is 5.69 Å². The summed E-state index contributed by atoms with van der Waals surface area (Å²) in [6, 6.07) is 30.8. The summed E-state index contributed by atoms with van der Waals surface area (Å²) in [5.74, 6) is -0.412. The molecule has 5 fully saturated rings. The number of rotatable bonds is 25. The van der Waals surface area contributed by atoms with Crippen LogP contribution in [0.2, 0.25) is 0 Å². The van der Waals surface area contributed by atoms with Crippen molar-refractivity contribution in [2.24, 2.45) is 0 Å². The van der Waals surface area contributed by atoms with Gasteiger partial charge in [-0.3, -0.25) is 48.1 Å². The van der Waals surface area contributed by atoms with Gasteiger partial charge in [0.25, 0.3) is 17.7 Å². The van der Waals surface area contributed by atoms with Gasteiger partial charge < -0.3 is 54.2 Å². The number of aromatic nitrogens is 9. The number of likely N-dealkylation sites (tertiary alicyclic amines) is 1. The molecular formula is C84H102N20O10. The van der Waals surface area contributed by atoms with E-state index in [4.69, 9.17) is 24.5 Å². The van der Waals surface area contributed by atoms with Gasteiger partial charge in [-0.25, -0.2) is 31.4 Å². The number of hydrogen-bond donors (Lipinski definition) is 6. The molecule has 0 unspecified atom stereocenters. The number of nitrogens with one attached hydrogen (secondary N) is 6. The summed E-state index contributed by atoms with van der Waals surface area (Å²) >= 11 is 0. The molecule has 0 spiro atoms. The van der Waals surface area contributed by atoms with E-state index in [0.29, 0.717) is 58.6 Å². The van der Waals surface area contributed by atoms with E-state index in [1.165, 1.54) is 50.1 Å². The molecule has 5 aliphatic rings. The highest BCUT2D eigenvalue weighted by atomic mass is 16.7. The van der Waals surface area contributed by atoms with E-state index in [2.05, 4.69) is 110 Å². The van der Waals surface area contributed by atoms with Crippen molar-refractivity contribution in [3.05, 3.63) is 203 Å². The normalized spacial score (nSPS) is 15.9. The molecule has 15 rings (SSSR count). The predicted octanol–water partition coefficient (Wildman–Crippen LogP) is 9.45. The number of carbonyl (C=O) groups excluding carboxylic acids is 4. The molecule has 4 aromatic carbocycles. The number of likely N-dealkylation sites (N-methyl/N-ethyl adjacent to an activating group) is 2. The van der Waals surface area contributed by atoms with E-state index in [-0.39, 0.29) is 40.1 Å². The van der Waals surface area contributed by atoms with Gasteiger partial charge in [-0.15, -0.1) is 0 Å². The second-order valence-corrected chi connectivity index (χ2v) is 29.9. The van der Waals surface area contributed by atoms with Gasteiger partial charge in [0.1, 0.15) is 28.0 Å². The molecular weight excluding hydrogens is 1450 g/mol. The third-order valence-corrected chi connectivity index (χ3v) is 22.0. The number of anilines is 6. The molecule has 4 amide bonds. The topological polar surface area (TPSA) is 328 Å². The molecule has 3 aliphatic heterocycles. The molecule has 598 valence electrons. The molecule has 114 heavy (non-hydrogen) atoms. The maximum atomic E-state index is 13.2. The largest absolute Gasteiger partial charge is 0.342 e. The van der Waals surface area contributed by atoms with Crippen LogP contribution in [0.4, 0.5) is 34.9 Å². The highest BCUT2D eigenvalue weighted by Crippen LogP contribution is 2.34. The van der Waals surface area contributed by atoms with Crippen LogP contribution >= 0.6 is 0 Å². The summed E-state index contributed by atoms with van der Waals surface area (Å²) < 4.78 is 5.64. The average molecular weight is 1550 g/mol. The first-order chi connectivity index (χ1) is 55.4. The average Bonchev–Trinajstić information content (AvgIpc) is 0.867. The SMILES string of the molecule is CCONC(=O)c1cn(C2CCCC2)c2nc(Nc3ccc(CCN4CCN(C)CC4)cc3)ncc2c1=O.CONC(=O)c1cn(-c2ccc(C)c(C)c2)c2nc(Nc3ccc(CCN4CCCC4=O)cc3)ncc2c1=O.CONC(=O)c1cn(C2CCCC2)c2nc(Nc3ccc(CCN4CCN(C)CC4)cc3)ncc2c1=O. The maximum absolute atomic E-state index is 13.2. The van der Waals surface area contributed by atoms with Gasteiger partial charge in [-0.05, 0) is 163 Å². The standard InChI is InChI=1S/C29H30N6O4.C28H37N7O3.C27H35N7O3/c1-18-6-11-22(15-19(18)2)35-17-24(28(38)33-39-3)26(37)23-16-30-29(32-27(23)35)31-21-9-7-20(8-10-21)12-14-34-13-4-5-25(34)36;1-3-38-32-27(37)24-19-35(22-6-4-5-7-22)26-23(25(24)36)18-29-28(31-26)30-21-10-8-20(9-11-21)12-13-34-16-14-33(2)15-17-34;1-32-13-15-33(16-14-32)12-11-19-7-9-20(10-8-19)29-27-28-17-22-24(35)23(26(36)31-37-2)18-34(25(22)30-27)21-5-3-4-6-21/h6-11,15-17H,4-5,12-14H2,1-3H3,(H,33,38)(H,30,31,32);8-11,18-19,22H,3-7,12-17H2,1-2H3,(H,32,37)(H,29,30,31);7-10,17-18,21H,3-6,11-16H2,1-2H3,(H,31,36)(H,28,29,30). The van der Waals surface area contributed by atoms with Crippen molar-refractivity contribution in [2.45, 2.75) is 116 Å². The molecule has 0 atom stereocenters. The molecule has 9 heterocycles. The Bertz CT molecular complexity index is 5240. The molecule has 6 aromatic heterocycles. The van der Waals surface area contributed by atoms with Crippen molar-refractivity contribution in [1.29, 1.82) is 0 Å². The van der Waals surface area contributed by atoms with Crippen LogP contribution in [0.1, 0.15) is 142 Å². The number of hydrogen-bond acceptors (Lipinski definition) is 23. The van der Waals surface area contributed by atoms with Crippen LogP contribution in [0.15, 0.2) is 143 Å². The van der Waals surface area contributed by atoms with Crippen LogP contribution in [-0.2, 0) is 38.6 Å². The number of aryl methyl sites for hydroxylation is 2. The van der Waals surface area contributed by atoms with Crippen LogP contribution in [0.3, 0.4) is 0 Å². The van der Waals surface area contributed by atoms with Crippen LogP contribution in [0, 0.1) is 13.8 Å². The second kappa shape index (κ2) is 38.1. The molecule has 10 aromatic rings. The summed E-state index contributed by atoms with van der Waals surface area (Å²) in [5.41, 5.74) is 16.1. The molecule has 2 aliphatic carbocycles. The molecule has 6 N–H and O–H groups in total. The van der Waals surface area contributed by atoms with Crippen molar-refractivity contribution in [1.82, 2.24) is 84.5 Å². The van der Waals surface area contributed by atoms with E-state index in [0.717, 1.165) is 195 Å². The van der Waals surface area contributed by atoms with Gasteiger partial charge in [-0.1, -0.05) is 68.1 Å². The Balaban J connectivity index is 0.000000149. The molecule has 30 heteroatoms. The van der Waals surface area contributed by atoms with Gasteiger partial charge >= 0.3 is 0 Å². The molecule has 0 bridgehead atoms. The Morgan fingerprint density at radius 3 is 1.25 bits per heavy atom. The number of benzene rings is 4. The van der Waals surface area contributed by atoms with E-state index < -0.39 is 34.0 Å². The first-order valence-corrected chi connectivity index (χ1v) is 39.5. The first kappa shape index (κ1) is 80.8. The Morgan fingerprint density at radius 2 is 0.851 bits per heavy atom. The minimum atomic E-state index is -0.654. The Morgan fingerprint density at radius 1 is 0.456 bits per heavy atom. The van der Waals surface area contributed by atoms with Crippen LogP contribution in [0.5, 0.6) is 0 Å². The minimum Gasteiger partial charge on any atom is -0.342 e. The lowest BCUT2D eigenvalue weighted by Gasteiger charge is -2.32. The van der Waals surface area contributed by atoms with Crippen LogP contribution in [0.25, 0.3) is 38.8 Å². The Kier molecular flexibility index (Phi) is 27.0. The predicted molar refractivity (Wildman–Crippen MR) is 439 cm³/mol. The summed E-state index contributed by atoms with van der Waals surface area (Å²) in [6.07, 6.45) is 21.9. The quantitative estimate of drug-likeness (QED) is 0.0290. The lowest BCUT2D eigenvalue weighted by Crippen LogP contribution is -2.45. The molecule has 3 saturated heterocycles. The zero-order valence-electron chi connectivity index (χ0n) is 66.0. The number of pyridine rings is 3. The number of piperazine rings is 2.